The number of hydrogen-bond donors (Lipinski definition) is 1. The zero-order chi connectivity index (χ0) is 12.0. The van der Waals surface area contributed by atoms with Gasteiger partial charge in [-0.2, -0.15) is 0 Å². The number of carbonyl (C=O) groups is 1. The number of carbonyl (C=O) groups excluding carboxylic acids is 1. The summed E-state index contributed by atoms with van der Waals surface area (Å²) in [5, 5.41) is 3.14. The molecular weight excluding hydrogens is 200 g/mol. The number of nitrogens with one attached hydrogen (secondary N) is 1. The van der Waals surface area contributed by atoms with Crippen LogP contribution < -0.4 is 5.32 Å². The van der Waals surface area contributed by atoms with Crippen molar-refractivity contribution in [3.05, 3.63) is 0 Å². The van der Waals surface area contributed by atoms with Crippen LogP contribution in [-0.2, 0) is 4.79 Å². The van der Waals surface area contributed by atoms with E-state index in [0.29, 0.717) is 10.4 Å². The number of hydrogen-bond acceptors (Lipinski definition) is 2. The van der Waals surface area contributed by atoms with Crippen LogP contribution in [-0.4, -0.2) is 44.1 Å². The molecule has 1 unspecified atom stereocenters. The fraction of sp³-hybridized carbons (Fsp3) is 0.923. The standard InChI is InChI=1S/C13H27N2O/c1-4-12(8-9-14-2)13(16)15(3)10-6-5-7-11-15/h12,14H,4-11H2,1-3H3/q+1. The highest BCUT2D eigenvalue weighted by atomic mass is 16.2. The molecule has 0 saturated carbocycles. The van der Waals surface area contributed by atoms with Crippen LogP contribution in [0.15, 0.2) is 0 Å². The van der Waals surface area contributed by atoms with Crippen LogP contribution >= 0.6 is 0 Å². The maximum atomic E-state index is 12.5. The third-order valence-corrected chi connectivity index (χ3v) is 3.92. The van der Waals surface area contributed by atoms with E-state index in [1.165, 1.54) is 19.3 Å². The summed E-state index contributed by atoms with van der Waals surface area (Å²) >= 11 is 0. The Morgan fingerprint density at radius 2 is 1.94 bits per heavy atom. The van der Waals surface area contributed by atoms with Gasteiger partial charge in [-0.15, -0.1) is 0 Å². The second kappa shape index (κ2) is 6.36. The molecular formula is C13H27N2O+. The van der Waals surface area contributed by atoms with Gasteiger partial charge in [-0.25, -0.2) is 4.79 Å². The number of likely N-dealkylation sites (tertiary alicyclic amines) is 1. The van der Waals surface area contributed by atoms with Crippen molar-refractivity contribution < 1.29 is 9.28 Å². The summed E-state index contributed by atoms with van der Waals surface area (Å²) in [5.41, 5.74) is 0. The Hall–Kier alpha value is -0.410. The van der Waals surface area contributed by atoms with E-state index in [1.54, 1.807) is 0 Å². The zero-order valence-corrected chi connectivity index (χ0v) is 11.1. The van der Waals surface area contributed by atoms with Crippen LogP contribution in [0.5, 0.6) is 0 Å². The summed E-state index contributed by atoms with van der Waals surface area (Å²) in [6.45, 7) is 5.18. The molecule has 0 aromatic heterocycles. The lowest BCUT2D eigenvalue weighted by Gasteiger charge is -2.37. The molecule has 0 radical (unpaired) electrons. The van der Waals surface area contributed by atoms with Crippen LogP contribution in [0.3, 0.4) is 0 Å². The molecule has 0 aromatic rings. The molecule has 1 fully saturated rings. The Bertz CT molecular complexity index is 222. The van der Waals surface area contributed by atoms with Gasteiger partial charge >= 0.3 is 5.91 Å². The molecule has 0 aromatic carbocycles. The van der Waals surface area contributed by atoms with Crippen molar-refractivity contribution in [3.8, 4) is 0 Å². The van der Waals surface area contributed by atoms with E-state index in [0.717, 1.165) is 32.5 Å². The normalized spacial score (nSPS) is 21.7. The molecule has 0 aliphatic carbocycles. The summed E-state index contributed by atoms with van der Waals surface area (Å²) in [4.78, 5) is 12.5. The highest BCUT2D eigenvalue weighted by molar-refractivity contribution is 5.71. The van der Waals surface area contributed by atoms with Crippen molar-refractivity contribution in [2.75, 3.05) is 33.7 Å². The van der Waals surface area contributed by atoms with Gasteiger partial charge < -0.3 is 5.32 Å². The van der Waals surface area contributed by atoms with Crippen molar-refractivity contribution in [2.45, 2.75) is 39.0 Å². The first kappa shape index (κ1) is 13.7. The third kappa shape index (κ3) is 3.29. The van der Waals surface area contributed by atoms with Gasteiger partial charge in [0.15, 0.2) is 0 Å². The van der Waals surface area contributed by atoms with Crippen LogP contribution in [0.2, 0.25) is 0 Å². The minimum Gasteiger partial charge on any atom is -0.320 e. The number of nitrogens with zero attached hydrogens (tertiary/aromatic N) is 1. The van der Waals surface area contributed by atoms with E-state index in [1.807, 2.05) is 7.05 Å². The summed E-state index contributed by atoms with van der Waals surface area (Å²) in [6, 6.07) is 0. The summed E-state index contributed by atoms with van der Waals surface area (Å²) in [5.74, 6) is 0.716. The van der Waals surface area contributed by atoms with Gasteiger partial charge in [-0.1, -0.05) is 6.92 Å². The zero-order valence-electron chi connectivity index (χ0n) is 11.1. The van der Waals surface area contributed by atoms with Gasteiger partial charge in [0.2, 0.25) is 0 Å². The van der Waals surface area contributed by atoms with Crippen molar-refractivity contribution >= 4 is 5.91 Å². The predicted octanol–water partition coefficient (Wildman–Crippen LogP) is 1.78. The lowest BCUT2D eigenvalue weighted by molar-refractivity contribution is -0.841. The van der Waals surface area contributed by atoms with Gasteiger partial charge in [0.25, 0.3) is 0 Å². The molecule has 3 nitrogen and oxygen atoms in total. The molecule has 1 heterocycles. The Labute approximate surface area is 99.8 Å². The van der Waals surface area contributed by atoms with Crippen molar-refractivity contribution in [3.63, 3.8) is 0 Å². The lowest BCUT2D eigenvalue weighted by atomic mass is 9.97. The first-order chi connectivity index (χ1) is 7.64. The largest absolute Gasteiger partial charge is 0.320 e. The topological polar surface area (TPSA) is 29.1 Å². The Kier molecular flexibility index (Phi) is 5.42. The first-order valence-electron chi connectivity index (χ1n) is 6.67. The van der Waals surface area contributed by atoms with Gasteiger partial charge in [0.05, 0.1) is 26.1 Å². The number of piperidine rings is 1. The predicted molar refractivity (Wildman–Crippen MR) is 67.1 cm³/mol. The van der Waals surface area contributed by atoms with E-state index in [-0.39, 0.29) is 5.92 Å². The molecule has 1 rings (SSSR count). The molecule has 16 heavy (non-hydrogen) atoms. The van der Waals surface area contributed by atoms with Crippen LogP contribution in [0, 0.1) is 5.92 Å². The Morgan fingerprint density at radius 1 is 1.31 bits per heavy atom. The van der Waals surface area contributed by atoms with E-state index in [2.05, 4.69) is 19.3 Å². The fourth-order valence-corrected chi connectivity index (χ4v) is 2.69. The van der Waals surface area contributed by atoms with Crippen molar-refractivity contribution in [2.24, 2.45) is 5.92 Å². The highest BCUT2D eigenvalue weighted by Crippen LogP contribution is 2.22. The van der Waals surface area contributed by atoms with Gasteiger partial charge in [0.1, 0.15) is 0 Å². The second-order valence-corrected chi connectivity index (χ2v) is 5.24. The van der Waals surface area contributed by atoms with Crippen LogP contribution in [0.25, 0.3) is 0 Å². The quantitative estimate of drug-likeness (QED) is 0.725. The Balaban J connectivity index is 2.58. The molecule has 1 N–H and O–H groups in total. The molecule has 0 spiro atoms. The third-order valence-electron chi connectivity index (χ3n) is 3.92. The number of amides is 1. The van der Waals surface area contributed by atoms with Gasteiger partial charge in [-0.05, 0) is 45.7 Å². The summed E-state index contributed by atoms with van der Waals surface area (Å²) in [6.07, 6.45) is 5.69. The molecule has 1 aliphatic heterocycles. The molecule has 1 amide bonds. The molecule has 3 heteroatoms. The highest BCUT2D eigenvalue weighted by Gasteiger charge is 2.37. The summed E-state index contributed by atoms with van der Waals surface area (Å²) < 4.78 is 0.683. The monoisotopic (exact) mass is 227 g/mol. The molecule has 94 valence electrons. The smallest absolute Gasteiger partial charge is 0.316 e. The lowest BCUT2D eigenvalue weighted by Crippen LogP contribution is -2.55. The molecule has 0 bridgehead atoms. The van der Waals surface area contributed by atoms with Gasteiger partial charge in [-0.3, -0.25) is 4.48 Å². The van der Waals surface area contributed by atoms with Crippen LogP contribution in [0.1, 0.15) is 39.0 Å². The SMILES string of the molecule is CCC(CCNC)C(=O)[N+]1(C)CCCCC1. The number of rotatable bonds is 5. The van der Waals surface area contributed by atoms with Crippen molar-refractivity contribution in [1.29, 1.82) is 0 Å². The van der Waals surface area contributed by atoms with E-state index in [4.69, 9.17) is 0 Å². The second-order valence-electron chi connectivity index (χ2n) is 5.24. The minimum atomic E-state index is 0.246. The molecule has 1 aliphatic rings. The average molecular weight is 227 g/mol. The van der Waals surface area contributed by atoms with Crippen LogP contribution in [0.4, 0.5) is 0 Å². The van der Waals surface area contributed by atoms with E-state index < -0.39 is 0 Å². The number of quaternary nitrogens is 1. The summed E-state index contributed by atoms with van der Waals surface area (Å²) in [7, 11) is 4.08. The first-order valence-corrected chi connectivity index (χ1v) is 6.67. The van der Waals surface area contributed by atoms with E-state index >= 15 is 0 Å². The fourth-order valence-electron chi connectivity index (χ4n) is 2.69. The maximum absolute atomic E-state index is 12.5. The van der Waals surface area contributed by atoms with Gasteiger partial charge in [0, 0.05) is 0 Å². The average Bonchev–Trinajstić information content (AvgIpc) is 2.31. The van der Waals surface area contributed by atoms with Crippen molar-refractivity contribution in [1.82, 2.24) is 5.32 Å². The molecule has 1 atom stereocenters. The minimum absolute atomic E-state index is 0.246. The Morgan fingerprint density at radius 3 is 2.44 bits per heavy atom. The maximum Gasteiger partial charge on any atom is 0.316 e. The molecule has 1 saturated heterocycles. The van der Waals surface area contributed by atoms with E-state index in [9.17, 15) is 4.79 Å².